The Morgan fingerprint density at radius 2 is 1.79 bits per heavy atom. The largest absolute Gasteiger partial charge is 0.339 e. The van der Waals surface area contributed by atoms with Gasteiger partial charge in [-0.25, -0.2) is 9.97 Å². The zero-order chi connectivity index (χ0) is 23.5. The monoisotopic (exact) mass is 468 g/mol. The molecule has 1 saturated heterocycles. The predicted molar refractivity (Wildman–Crippen MR) is 135 cm³/mol. The standard InChI is InChI=1S/C28H25ClN4O/c1-19-6-2-3-10-24(19)25-18-31-27(22-8-5-13-30-17-22)32-26(25)20-11-14-33(15-12-20)28(34)21-7-4-9-23(29)16-21/h2-10,13,16-18,20H,11-12,14-15H2,1H3. The lowest BCUT2D eigenvalue weighted by Crippen LogP contribution is -2.38. The summed E-state index contributed by atoms with van der Waals surface area (Å²) in [6, 6.07) is 19.4. The van der Waals surface area contributed by atoms with Crippen LogP contribution >= 0.6 is 11.6 Å². The molecular weight excluding hydrogens is 444 g/mol. The number of halogens is 1. The Bertz CT molecular complexity index is 1320. The zero-order valence-corrected chi connectivity index (χ0v) is 19.7. The molecule has 1 aliphatic heterocycles. The van der Waals surface area contributed by atoms with Crippen LogP contribution in [0.4, 0.5) is 0 Å². The number of nitrogens with zero attached hydrogens (tertiary/aromatic N) is 4. The molecule has 6 heteroatoms. The van der Waals surface area contributed by atoms with E-state index in [1.807, 2.05) is 47.5 Å². The number of likely N-dealkylation sites (tertiary alicyclic amines) is 1. The first-order chi connectivity index (χ1) is 16.6. The third kappa shape index (κ3) is 4.57. The highest BCUT2D eigenvalue weighted by Crippen LogP contribution is 2.36. The Labute approximate surface area is 204 Å². The number of benzene rings is 2. The van der Waals surface area contributed by atoms with Crippen LogP contribution in [0.5, 0.6) is 0 Å². The quantitative estimate of drug-likeness (QED) is 0.358. The van der Waals surface area contributed by atoms with Gasteiger partial charge >= 0.3 is 0 Å². The van der Waals surface area contributed by atoms with Crippen LogP contribution in [0, 0.1) is 6.92 Å². The van der Waals surface area contributed by atoms with E-state index < -0.39 is 0 Å². The average Bonchev–Trinajstić information content (AvgIpc) is 2.89. The molecule has 5 rings (SSSR count). The van der Waals surface area contributed by atoms with Gasteiger partial charge in [0.15, 0.2) is 5.82 Å². The van der Waals surface area contributed by atoms with Crippen LogP contribution in [0.15, 0.2) is 79.3 Å². The van der Waals surface area contributed by atoms with Gasteiger partial charge < -0.3 is 4.90 Å². The molecule has 2 aromatic carbocycles. The number of carbonyl (C=O) groups is 1. The van der Waals surface area contributed by atoms with Crippen molar-refractivity contribution in [1.29, 1.82) is 0 Å². The fraction of sp³-hybridized carbons (Fsp3) is 0.214. The van der Waals surface area contributed by atoms with Crippen LogP contribution < -0.4 is 0 Å². The third-order valence-electron chi connectivity index (χ3n) is 6.41. The molecule has 5 nitrogen and oxygen atoms in total. The highest BCUT2D eigenvalue weighted by atomic mass is 35.5. The maximum Gasteiger partial charge on any atom is 0.253 e. The molecule has 0 aliphatic carbocycles. The Balaban J connectivity index is 1.45. The summed E-state index contributed by atoms with van der Waals surface area (Å²) in [6.45, 7) is 3.46. The summed E-state index contributed by atoms with van der Waals surface area (Å²) in [5.74, 6) is 0.938. The molecule has 1 aliphatic rings. The van der Waals surface area contributed by atoms with Crippen LogP contribution in [-0.4, -0.2) is 38.8 Å². The summed E-state index contributed by atoms with van der Waals surface area (Å²) in [7, 11) is 0. The number of aromatic nitrogens is 3. The van der Waals surface area contributed by atoms with Crippen molar-refractivity contribution in [2.75, 3.05) is 13.1 Å². The van der Waals surface area contributed by atoms with Crippen molar-refractivity contribution in [3.8, 4) is 22.5 Å². The van der Waals surface area contributed by atoms with Gasteiger partial charge in [0.1, 0.15) is 0 Å². The molecule has 3 heterocycles. The van der Waals surface area contributed by atoms with Gasteiger partial charge in [0, 0.05) is 59.3 Å². The van der Waals surface area contributed by atoms with Crippen molar-refractivity contribution in [3.05, 3.63) is 101 Å². The highest BCUT2D eigenvalue weighted by Gasteiger charge is 2.28. The van der Waals surface area contributed by atoms with Crippen LogP contribution in [-0.2, 0) is 0 Å². The molecule has 1 amide bonds. The van der Waals surface area contributed by atoms with E-state index in [0.717, 1.165) is 35.2 Å². The second-order valence-electron chi connectivity index (χ2n) is 8.63. The molecule has 0 N–H and O–H groups in total. The van der Waals surface area contributed by atoms with Crippen LogP contribution in [0.3, 0.4) is 0 Å². The second kappa shape index (κ2) is 9.74. The van der Waals surface area contributed by atoms with Crippen LogP contribution in [0.1, 0.15) is 40.4 Å². The van der Waals surface area contributed by atoms with Crippen molar-refractivity contribution in [1.82, 2.24) is 19.9 Å². The lowest BCUT2D eigenvalue weighted by atomic mass is 9.87. The molecule has 4 aromatic rings. The molecule has 34 heavy (non-hydrogen) atoms. The third-order valence-corrected chi connectivity index (χ3v) is 6.65. The van der Waals surface area contributed by atoms with Gasteiger partial charge in [-0.3, -0.25) is 9.78 Å². The molecule has 0 bridgehead atoms. The SMILES string of the molecule is Cc1ccccc1-c1cnc(-c2cccnc2)nc1C1CCN(C(=O)c2cccc(Cl)c2)CC1. The average molecular weight is 469 g/mol. The molecule has 0 saturated carbocycles. The predicted octanol–water partition coefficient (Wildman–Crippen LogP) is 6.19. The van der Waals surface area contributed by atoms with Crippen molar-refractivity contribution < 1.29 is 4.79 Å². The second-order valence-corrected chi connectivity index (χ2v) is 9.06. The maximum absolute atomic E-state index is 13.0. The van der Waals surface area contributed by atoms with Gasteiger partial charge in [-0.1, -0.05) is 41.9 Å². The highest BCUT2D eigenvalue weighted by molar-refractivity contribution is 6.30. The number of hydrogen-bond donors (Lipinski definition) is 0. The van der Waals surface area contributed by atoms with E-state index in [2.05, 4.69) is 29.0 Å². The minimum Gasteiger partial charge on any atom is -0.339 e. The summed E-state index contributed by atoms with van der Waals surface area (Å²) >= 11 is 6.10. The smallest absolute Gasteiger partial charge is 0.253 e. The number of carbonyl (C=O) groups excluding carboxylic acids is 1. The topological polar surface area (TPSA) is 59.0 Å². The lowest BCUT2D eigenvalue weighted by Gasteiger charge is -2.32. The van der Waals surface area contributed by atoms with E-state index in [9.17, 15) is 4.79 Å². The minimum absolute atomic E-state index is 0.0267. The van der Waals surface area contributed by atoms with Crippen LogP contribution in [0.25, 0.3) is 22.5 Å². The molecule has 2 aromatic heterocycles. The summed E-state index contributed by atoms with van der Waals surface area (Å²) in [4.78, 5) is 28.9. The van der Waals surface area contributed by atoms with E-state index in [4.69, 9.17) is 16.6 Å². The normalized spacial score (nSPS) is 14.2. The van der Waals surface area contributed by atoms with E-state index in [1.165, 1.54) is 5.56 Å². The van der Waals surface area contributed by atoms with Gasteiger partial charge in [-0.05, 0) is 61.2 Å². The van der Waals surface area contributed by atoms with Crippen molar-refractivity contribution in [2.24, 2.45) is 0 Å². The summed E-state index contributed by atoms with van der Waals surface area (Å²) in [5, 5.41) is 0.576. The summed E-state index contributed by atoms with van der Waals surface area (Å²) in [5.41, 5.74) is 5.96. The number of piperidine rings is 1. The molecule has 0 unspecified atom stereocenters. The first-order valence-corrected chi connectivity index (χ1v) is 11.9. The van der Waals surface area contributed by atoms with Gasteiger partial charge in [0.2, 0.25) is 0 Å². The first kappa shape index (κ1) is 22.2. The number of pyridine rings is 1. The van der Waals surface area contributed by atoms with Crippen molar-refractivity contribution in [2.45, 2.75) is 25.7 Å². The van der Waals surface area contributed by atoms with Crippen molar-refractivity contribution >= 4 is 17.5 Å². The molecule has 1 fully saturated rings. The molecule has 0 spiro atoms. The van der Waals surface area contributed by atoms with E-state index in [0.29, 0.717) is 29.5 Å². The Hall–Kier alpha value is -3.57. The minimum atomic E-state index is 0.0267. The molecule has 0 radical (unpaired) electrons. The fourth-order valence-electron chi connectivity index (χ4n) is 4.58. The number of aryl methyl sites for hydroxylation is 1. The first-order valence-electron chi connectivity index (χ1n) is 11.5. The van der Waals surface area contributed by atoms with Gasteiger partial charge in [0.25, 0.3) is 5.91 Å². The number of amides is 1. The van der Waals surface area contributed by atoms with Gasteiger partial charge in [0.05, 0.1) is 5.69 Å². The van der Waals surface area contributed by atoms with E-state index >= 15 is 0 Å². The Kier molecular flexibility index (Phi) is 6.37. The van der Waals surface area contributed by atoms with Gasteiger partial charge in [-0.2, -0.15) is 0 Å². The fourth-order valence-corrected chi connectivity index (χ4v) is 4.77. The van der Waals surface area contributed by atoms with Crippen molar-refractivity contribution in [3.63, 3.8) is 0 Å². The summed E-state index contributed by atoms with van der Waals surface area (Å²) in [6.07, 6.45) is 7.16. The summed E-state index contributed by atoms with van der Waals surface area (Å²) < 4.78 is 0. The van der Waals surface area contributed by atoms with E-state index in [1.54, 1.807) is 24.5 Å². The molecule has 0 atom stereocenters. The number of rotatable bonds is 4. The lowest BCUT2D eigenvalue weighted by molar-refractivity contribution is 0.0712. The zero-order valence-electron chi connectivity index (χ0n) is 19.0. The number of hydrogen-bond acceptors (Lipinski definition) is 4. The molecule has 170 valence electrons. The Morgan fingerprint density at radius 1 is 0.971 bits per heavy atom. The Morgan fingerprint density at radius 3 is 2.53 bits per heavy atom. The van der Waals surface area contributed by atoms with Crippen LogP contribution in [0.2, 0.25) is 5.02 Å². The van der Waals surface area contributed by atoms with E-state index in [-0.39, 0.29) is 11.8 Å². The van der Waals surface area contributed by atoms with Gasteiger partial charge in [-0.15, -0.1) is 0 Å². The molecular formula is C28H25ClN4O. The maximum atomic E-state index is 13.0.